The topological polar surface area (TPSA) is 32.3 Å². The van der Waals surface area contributed by atoms with Gasteiger partial charge in [-0.2, -0.15) is 0 Å². The largest absolute Gasteiger partial charge is 0.394 e. The van der Waals surface area contributed by atoms with E-state index in [4.69, 9.17) is 0 Å². The van der Waals surface area contributed by atoms with E-state index in [0.29, 0.717) is 6.61 Å². The van der Waals surface area contributed by atoms with Gasteiger partial charge in [0.25, 0.3) is 0 Å². The van der Waals surface area contributed by atoms with Gasteiger partial charge in [-0.3, -0.25) is 0 Å². The van der Waals surface area contributed by atoms with Crippen LogP contribution in [0.5, 0.6) is 0 Å². The molecule has 0 saturated heterocycles. The Kier molecular flexibility index (Phi) is 3.68. The average Bonchev–Trinajstić information content (AvgIpc) is 3.10. The second-order valence-corrected chi connectivity index (χ2v) is 5.63. The van der Waals surface area contributed by atoms with Gasteiger partial charge in [0.05, 0.1) is 6.61 Å². The fourth-order valence-corrected chi connectivity index (χ4v) is 2.88. The molecule has 2 atom stereocenters. The van der Waals surface area contributed by atoms with Crippen LogP contribution in [0.3, 0.4) is 0 Å². The van der Waals surface area contributed by atoms with E-state index in [-0.39, 0.29) is 5.54 Å². The van der Waals surface area contributed by atoms with Gasteiger partial charge in [-0.25, -0.2) is 0 Å². The fourth-order valence-electron chi connectivity index (χ4n) is 2.88. The third kappa shape index (κ3) is 2.94. The van der Waals surface area contributed by atoms with Crippen LogP contribution < -0.4 is 5.32 Å². The van der Waals surface area contributed by atoms with Crippen LogP contribution in [0.2, 0.25) is 0 Å². The molecule has 2 nitrogen and oxygen atoms in total. The minimum Gasteiger partial charge on any atom is -0.394 e. The van der Waals surface area contributed by atoms with Gasteiger partial charge in [-0.05, 0) is 44.1 Å². The SMILES string of the molecule is CCC1CCCC(CO)(NCC2CC2)C1. The maximum atomic E-state index is 9.63. The van der Waals surface area contributed by atoms with Gasteiger partial charge in [0, 0.05) is 5.54 Å². The molecule has 0 aromatic carbocycles. The fraction of sp³-hybridized carbons (Fsp3) is 1.00. The van der Waals surface area contributed by atoms with Crippen molar-refractivity contribution in [2.75, 3.05) is 13.2 Å². The first-order valence-corrected chi connectivity index (χ1v) is 6.64. The van der Waals surface area contributed by atoms with E-state index < -0.39 is 0 Å². The Bertz CT molecular complexity index is 203. The molecule has 0 bridgehead atoms. The average molecular weight is 211 g/mol. The number of hydrogen-bond acceptors (Lipinski definition) is 2. The Hall–Kier alpha value is -0.0800. The zero-order valence-corrected chi connectivity index (χ0v) is 9.97. The second-order valence-electron chi connectivity index (χ2n) is 5.63. The van der Waals surface area contributed by atoms with Crippen molar-refractivity contribution in [1.29, 1.82) is 0 Å². The lowest BCUT2D eigenvalue weighted by molar-refractivity contribution is 0.0931. The van der Waals surface area contributed by atoms with Crippen LogP contribution in [0.15, 0.2) is 0 Å². The smallest absolute Gasteiger partial charge is 0.0613 e. The van der Waals surface area contributed by atoms with E-state index in [9.17, 15) is 5.11 Å². The standard InChI is InChI=1S/C13H25NO/c1-2-11-4-3-7-13(8-11,10-15)14-9-12-5-6-12/h11-12,14-15H,2-10H2,1H3. The minimum atomic E-state index is 0.0709. The lowest BCUT2D eigenvalue weighted by Crippen LogP contribution is -2.52. The molecule has 0 aromatic rings. The normalized spacial score (nSPS) is 36.8. The van der Waals surface area contributed by atoms with Crippen molar-refractivity contribution in [3.05, 3.63) is 0 Å². The molecule has 2 unspecified atom stereocenters. The highest BCUT2D eigenvalue weighted by Gasteiger charge is 2.36. The van der Waals surface area contributed by atoms with Gasteiger partial charge in [0.2, 0.25) is 0 Å². The Balaban J connectivity index is 1.86. The van der Waals surface area contributed by atoms with Gasteiger partial charge in [0.1, 0.15) is 0 Å². The summed E-state index contributed by atoms with van der Waals surface area (Å²) in [5.41, 5.74) is 0.0709. The molecule has 88 valence electrons. The number of nitrogens with one attached hydrogen (secondary N) is 1. The molecule has 0 aromatic heterocycles. The Labute approximate surface area is 93.5 Å². The maximum Gasteiger partial charge on any atom is 0.0613 e. The molecule has 2 fully saturated rings. The quantitative estimate of drug-likeness (QED) is 0.731. The first-order chi connectivity index (χ1) is 7.28. The zero-order chi connectivity index (χ0) is 10.7. The van der Waals surface area contributed by atoms with Crippen molar-refractivity contribution in [1.82, 2.24) is 5.32 Å². The summed E-state index contributed by atoms with van der Waals surface area (Å²) < 4.78 is 0. The van der Waals surface area contributed by atoms with E-state index >= 15 is 0 Å². The summed E-state index contributed by atoms with van der Waals surface area (Å²) in [6.07, 6.45) is 9.07. The van der Waals surface area contributed by atoms with E-state index in [2.05, 4.69) is 12.2 Å². The summed E-state index contributed by atoms with van der Waals surface area (Å²) in [6.45, 7) is 3.74. The molecule has 0 heterocycles. The number of aliphatic hydroxyl groups excluding tert-OH is 1. The Morgan fingerprint density at radius 1 is 1.27 bits per heavy atom. The molecule has 0 spiro atoms. The van der Waals surface area contributed by atoms with E-state index in [1.807, 2.05) is 0 Å². The second kappa shape index (κ2) is 4.84. The van der Waals surface area contributed by atoms with Crippen molar-refractivity contribution in [2.45, 2.75) is 57.4 Å². The highest BCUT2D eigenvalue weighted by atomic mass is 16.3. The van der Waals surface area contributed by atoms with Crippen molar-refractivity contribution < 1.29 is 5.11 Å². The van der Waals surface area contributed by atoms with E-state index in [1.165, 1.54) is 44.9 Å². The first-order valence-electron chi connectivity index (χ1n) is 6.64. The molecule has 0 aliphatic heterocycles. The Morgan fingerprint density at radius 2 is 2.07 bits per heavy atom. The molecule has 0 radical (unpaired) electrons. The molecular formula is C13H25NO. The Morgan fingerprint density at radius 3 is 2.67 bits per heavy atom. The molecule has 2 heteroatoms. The lowest BCUT2D eigenvalue weighted by Gasteiger charge is -2.40. The highest BCUT2D eigenvalue weighted by Crippen LogP contribution is 2.35. The first kappa shape index (κ1) is 11.4. The summed E-state index contributed by atoms with van der Waals surface area (Å²) in [5, 5.41) is 13.3. The summed E-state index contributed by atoms with van der Waals surface area (Å²) in [7, 11) is 0. The molecule has 2 aliphatic carbocycles. The van der Waals surface area contributed by atoms with Gasteiger partial charge in [-0.1, -0.05) is 26.2 Å². The van der Waals surface area contributed by atoms with Gasteiger partial charge in [-0.15, -0.1) is 0 Å². The lowest BCUT2D eigenvalue weighted by atomic mass is 9.75. The van der Waals surface area contributed by atoms with Gasteiger partial charge < -0.3 is 10.4 Å². The molecule has 2 saturated carbocycles. The summed E-state index contributed by atoms with van der Waals surface area (Å²) >= 11 is 0. The van der Waals surface area contributed by atoms with Crippen LogP contribution in [0.25, 0.3) is 0 Å². The predicted octanol–water partition coefficient (Wildman–Crippen LogP) is 2.32. The third-order valence-corrected chi connectivity index (χ3v) is 4.29. The van der Waals surface area contributed by atoms with Crippen LogP contribution in [0.1, 0.15) is 51.9 Å². The predicted molar refractivity (Wildman–Crippen MR) is 62.8 cm³/mol. The van der Waals surface area contributed by atoms with Crippen molar-refractivity contribution in [3.63, 3.8) is 0 Å². The maximum absolute atomic E-state index is 9.63. The molecule has 2 aliphatic rings. The van der Waals surface area contributed by atoms with Crippen molar-refractivity contribution in [2.24, 2.45) is 11.8 Å². The summed E-state index contributed by atoms with van der Waals surface area (Å²) in [4.78, 5) is 0. The minimum absolute atomic E-state index is 0.0709. The zero-order valence-electron chi connectivity index (χ0n) is 9.97. The van der Waals surface area contributed by atoms with Crippen molar-refractivity contribution in [3.8, 4) is 0 Å². The molecular weight excluding hydrogens is 186 g/mol. The van der Waals surface area contributed by atoms with Gasteiger partial charge in [0.15, 0.2) is 0 Å². The highest BCUT2D eigenvalue weighted by molar-refractivity contribution is 4.94. The van der Waals surface area contributed by atoms with E-state index in [0.717, 1.165) is 18.4 Å². The molecule has 2 rings (SSSR count). The number of aliphatic hydroxyl groups is 1. The van der Waals surface area contributed by atoms with Crippen LogP contribution in [0.4, 0.5) is 0 Å². The van der Waals surface area contributed by atoms with Crippen LogP contribution in [-0.4, -0.2) is 23.8 Å². The third-order valence-electron chi connectivity index (χ3n) is 4.29. The molecule has 2 N–H and O–H groups in total. The summed E-state index contributed by atoms with van der Waals surface area (Å²) in [6, 6.07) is 0. The summed E-state index contributed by atoms with van der Waals surface area (Å²) in [5.74, 6) is 1.74. The number of rotatable bonds is 5. The van der Waals surface area contributed by atoms with Crippen LogP contribution in [0, 0.1) is 11.8 Å². The van der Waals surface area contributed by atoms with E-state index in [1.54, 1.807) is 0 Å². The molecule has 0 amide bonds. The van der Waals surface area contributed by atoms with Gasteiger partial charge >= 0.3 is 0 Å². The number of hydrogen-bond donors (Lipinski definition) is 2. The molecule has 15 heavy (non-hydrogen) atoms. The van der Waals surface area contributed by atoms with Crippen LogP contribution >= 0.6 is 0 Å². The van der Waals surface area contributed by atoms with Crippen LogP contribution in [-0.2, 0) is 0 Å². The van der Waals surface area contributed by atoms with Crippen molar-refractivity contribution >= 4 is 0 Å². The monoisotopic (exact) mass is 211 g/mol.